The predicted octanol–water partition coefficient (Wildman–Crippen LogP) is 4.98. The fraction of sp³-hybridized carbons (Fsp3) is 0.182. The molecule has 1 aliphatic rings. The Kier molecular flexibility index (Phi) is 3.39. The molecule has 4 aromatic rings. The molecule has 0 aliphatic heterocycles. The molecule has 4 heteroatoms. The molecule has 2 heterocycles. The Labute approximate surface area is 151 Å². The van der Waals surface area contributed by atoms with Crippen molar-refractivity contribution < 1.29 is 0 Å². The summed E-state index contributed by atoms with van der Waals surface area (Å²) in [6, 6.07) is 20.7. The minimum atomic E-state index is 0.731. The van der Waals surface area contributed by atoms with Gasteiger partial charge in [-0.15, -0.1) is 0 Å². The van der Waals surface area contributed by atoms with E-state index in [0.717, 1.165) is 59.4 Å². The van der Waals surface area contributed by atoms with Crippen LogP contribution in [0.1, 0.15) is 29.5 Å². The zero-order valence-electron chi connectivity index (χ0n) is 14.4. The maximum absolute atomic E-state index is 9.87. The van der Waals surface area contributed by atoms with E-state index in [0.29, 0.717) is 0 Å². The van der Waals surface area contributed by atoms with Gasteiger partial charge in [-0.3, -0.25) is 4.40 Å². The van der Waals surface area contributed by atoms with Gasteiger partial charge in [0.2, 0.25) is 0 Å². The van der Waals surface area contributed by atoms with E-state index in [4.69, 9.17) is 4.98 Å². The second kappa shape index (κ2) is 5.89. The summed E-state index contributed by atoms with van der Waals surface area (Å²) in [6.07, 6.45) is 4.21. The topological polar surface area (TPSA) is 53.1 Å². The van der Waals surface area contributed by atoms with Crippen molar-refractivity contribution in [2.24, 2.45) is 0 Å². The van der Waals surface area contributed by atoms with E-state index >= 15 is 0 Å². The molecule has 1 N–H and O–H groups in total. The van der Waals surface area contributed by atoms with Gasteiger partial charge in [-0.2, -0.15) is 5.26 Å². The molecular weight excluding hydrogens is 320 g/mol. The minimum Gasteiger partial charge on any atom is -0.341 e. The highest BCUT2D eigenvalue weighted by Crippen LogP contribution is 2.36. The van der Waals surface area contributed by atoms with Crippen LogP contribution in [0.3, 0.4) is 0 Å². The van der Waals surface area contributed by atoms with Gasteiger partial charge < -0.3 is 5.32 Å². The first-order valence-corrected chi connectivity index (χ1v) is 9.04. The van der Waals surface area contributed by atoms with Crippen LogP contribution in [0, 0.1) is 11.3 Å². The number of nitriles is 1. The molecule has 0 saturated heterocycles. The minimum absolute atomic E-state index is 0.731. The van der Waals surface area contributed by atoms with Crippen molar-refractivity contribution in [2.75, 3.05) is 5.32 Å². The number of para-hydroxylation sites is 3. The SMILES string of the molecule is N#Cc1c2c(c(Nc3ccccc3)n3c1nc1ccccc13)CCCC2. The molecule has 0 unspecified atom stereocenters. The molecule has 0 saturated carbocycles. The fourth-order valence-electron chi connectivity index (χ4n) is 4.04. The van der Waals surface area contributed by atoms with Crippen molar-refractivity contribution in [3.8, 4) is 6.07 Å². The molecule has 26 heavy (non-hydrogen) atoms. The van der Waals surface area contributed by atoms with Crippen molar-refractivity contribution in [1.82, 2.24) is 9.38 Å². The summed E-state index contributed by atoms with van der Waals surface area (Å²) < 4.78 is 2.13. The molecule has 5 rings (SSSR count). The Balaban J connectivity index is 1.90. The fourth-order valence-corrected chi connectivity index (χ4v) is 4.04. The number of nitrogens with one attached hydrogen (secondary N) is 1. The van der Waals surface area contributed by atoms with Crippen molar-refractivity contribution in [3.63, 3.8) is 0 Å². The zero-order valence-corrected chi connectivity index (χ0v) is 14.4. The first-order chi connectivity index (χ1) is 12.9. The number of aromatic nitrogens is 2. The molecule has 0 bridgehead atoms. The van der Waals surface area contributed by atoms with E-state index in [-0.39, 0.29) is 0 Å². The number of imidazole rings is 1. The first-order valence-electron chi connectivity index (χ1n) is 9.04. The van der Waals surface area contributed by atoms with Crippen LogP contribution in [-0.2, 0) is 12.8 Å². The summed E-state index contributed by atoms with van der Waals surface area (Å²) in [5.74, 6) is 1.05. The predicted molar refractivity (Wildman–Crippen MR) is 104 cm³/mol. The van der Waals surface area contributed by atoms with Crippen molar-refractivity contribution in [2.45, 2.75) is 25.7 Å². The quantitative estimate of drug-likeness (QED) is 0.561. The second-order valence-corrected chi connectivity index (χ2v) is 6.75. The van der Waals surface area contributed by atoms with Gasteiger partial charge in [-0.05, 0) is 61.1 Å². The molecule has 1 aliphatic carbocycles. The number of nitrogens with zero attached hydrogens (tertiary/aromatic N) is 3. The van der Waals surface area contributed by atoms with Crippen LogP contribution in [0.25, 0.3) is 16.7 Å². The lowest BCUT2D eigenvalue weighted by Crippen LogP contribution is -2.13. The number of rotatable bonds is 2. The lowest BCUT2D eigenvalue weighted by molar-refractivity contribution is 0.682. The number of anilines is 2. The Bertz CT molecular complexity index is 1170. The van der Waals surface area contributed by atoms with E-state index in [1.165, 1.54) is 11.1 Å². The summed E-state index contributed by atoms with van der Waals surface area (Å²) in [5.41, 5.74) is 6.91. The van der Waals surface area contributed by atoms with Gasteiger partial charge in [0, 0.05) is 5.69 Å². The lowest BCUT2D eigenvalue weighted by Gasteiger charge is -2.23. The van der Waals surface area contributed by atoms with E-state index in [1.54, 1.807) is 0 Å². The standard InChI is InChI=1S/C22H18N4/c23-14-18-16-10-4-5-11-17(16)21(24-15-8-2-1-3-9-15)26-20-13-7-6-12-19(20)25-22(18)26/h1-3,6-9,12-13,24H,4-5,10-11H2. The van der Waals surface area contributed by atoms with E-state index in [9.17, 15) is 5.26 Å². The highest BCUT2D eigenvalue weighted by Gasteiger charge is 2.24. The summed E-state index contributed by atoms with van der Waals surface area (Å²) in [4.78, 5) is 4.80. The van der Waals surface area contributed by atoms with Gasteiger partial charge in [0.1, 0.15) is 11.9 Å². The third-order valence-electron chi connectivity index (χ3n) is 5.21. The highest BCUT2D eigenvalue weighted by molar-refractivity contribution is 5.87. The number of hydrogen-bond donors (Lipinski definition) is 1. The second-order valence-electron chi connectivity index (χ2n) is 6.75. The van der Waals surface area contributed by atoms with Crippen LogP contribution in [0.5, 0.6) is 0 Å². The number of fused-ring (bicyclic) bond motifs is 4. The van der Waals surface area contributed by atoms with Crippen LogP contribution < -0.4 is 5.32 Å². The third kappa shape index (κ3) is 2.18. The monoisotopic (exact) mass is 338 g/mol. The Morgan fingerprint density at radius 3 is 2.46 bits per heavy atom. The normalized spacial score (nSPS) is 13.5. The number of pyridine rings is 1. The van der Waals surface area contributed by atoms with Crippen LogP contribution in [0.2, 0.25) is 0 Å². The van der Waals surface area contributed by atoms with Crippen LogP contribution in [0.4, 0.5) is 11.5 Å². The third-order valence-corrected chi connectivity index (χ3v) is 5.21. The summed E-state index contributed by atoms with van der Waals surface area (Å²) in [6.45, 7) is 0. The van der Waals surface area contributed by atoms with Crippen molar-refractivity contribution >= 4 is 28.2 Å². The van der Waals surface area contributed by atoms with Gasteiger partial charge in [0.25, 0.3) is 0 Å². The average Bonchev–Trinajstić information content (AvgIpc) is 3.08. The van der Waals surface area contributed by atoms with Crippen LogP contribution in [-0.4, -0.2) is 9.38 Å². The van der Waals surface area contributed by atoms with Crippen molar-refractivity contribution in [1.29, 1.82) is 5.26 Å². The zero-order chi connectivity index (χ0) is 17.5. The van der Waals surface area contributed by atoms with E-state index in [2.05, 4.69) is 34.0 Å². The van der Waals surface area contributed by atoms with Gasteiger partial charge >= 0.3 is 0 Å². The maximum atomic E-state index is 9.87. The molecule has 0 atom stereocenters. The highest BCUT2D eigenvalue weighted by atomic mass is 15.1. The largest absolute Gasteiger partial charge is 0.341 e. The van der Waals surface area contributed by atoms with E-state index in [1.807, 2.05) is 36.4 Å². The lowest BCUT2D eigenvalue weighted by atomic mass is 9.89. The van der Waals surface area contributed by atoms with E-state index < -0.39 is 0 Å². The Morgan fingerprint density at radius 1 is 0.923 bits per heavy atom. The molecule has 0 radical (unpaired) electrons. The number of hydrogen-bond acceptors (Lipinski definition) is 3. The van der Waals surface area contributed by atoms with Gasteiger partial charge in [-0.1, -0.05) is 30.3 Å². The molecule has 4 nitrogen and oxygen atoms in total. The molecule has 0 spiro atoms. The molecule has 2 aromatic carbocycles. The summed E-state index contributed by atoms with van der Waals surface area (Å²) in [7, 11) is 0. The van der Waals surface area contributed by atoms with Gasteiger partial charge in [0.15, 0.2) is 5.65 Å². The van der Waals surface area contributed by atoms with Gasteiger partial charge in [0.05, 0.1) is 16.6 Å². The van der Waals surface area contributed by atoms with Crippen LogP contribution in [0.15, 0.2) is 54.6 Å². The smallest absolute Gasteiger partial charge is 0.157 e. The summed E-state index contributed by atoms with van der Waals surface area (Å²) in [5, 5.41) is 13.5. The Hall–Kier alpha value is -3.32. The van der Waals surface area contributed by atoms with Crippen LogP contribution >= 0.6 is 0 Å². The summed E-state index contributed by atoms with van der Waals surface area (Å²) >= 11 is 0. The molecule has 126 valence electrons. The number of benzene rings is 2. The molecule has 0 fully saturated rings. The first kappa shape index (κ1) is 15.0. The van der Waals surface area contributed by atoms with Gasteiger partial charge in [-0.25, -0.2) is 4.98 Å². The Morgan fingerprint density at radius 2 is 1.65 bits per heavy atom. The molecule has 0 amide bonds. The average molecular weight is 338 g/mol. The van der Waals surface area contributed by atoms with Crippen molar-refractivity contribution in [3.05, 3.63) is 71.3 Å². The maximum Gasteiger partial charge on any atom is 0.157 e. The molecule has 2 aromatic heterocycles. The molecular formula is C22H18N4.